The van der Waals surface area contributed by atoms with Gasteiger partial charge >= 0.3 is 0 Å². The molecule has 0 radical (unpaired) electrons. The molecule has 0 amide bonds. The number of rotatable bonds is 3. The van der Waals surface area contributed by atoms with Crippen molar-refractivity contribution >= 4 is 5.69 Å². The van der Waals surface area contributed by atoms with E-state index in [1.54, 1.807) is 24.3 Å². The summed E-state index contributed by atoms with van der Waals surface area (Å²) in [5, 5.41) is 28.3. The van der Waals surface area contributed by atoms with E-state index < -0.39 is 24.6 Å². The molecule has 100 valence electrons. The maximum Gasteiger partial charge on any atom is 0.192 e. The number of nitrogen functional groups attached to an aromatic ring is 1. The highest BCUT2D eigenvalue weighted by Crippen LogP contribution is 2.24. The highest BCUT2D eigenvalue weighted by atomic mass is 16.7. The third-order valence-corrected chi connectivity index (χ3v) is 2.88. The average Bonchev–Trinajstić information content (AvgIpc) is 2.36. The fourth-order valence-corrected chi connectivity index (χ4v) is 1.86. The summed E-state index contributed by atoms with van der Waals surface area (Å²) in [5.74, 6) is 0.534. The molecule has 1 heterocycles. The summed E-state index contributed by atoms with van der Waals surface area (Å²) in [7, 11) is 0. The average molecular weight is 255 g/mol. The van der Waals surface area contributed by atoms with Crippen LogP contribution >= 0.6 is 0 Å². The Morgan fingerprint density at radius 3 is 2.56 bits per heavy atom. The third kappa shape index (κ3) is 2.91. The van der Waals surface area contributed by atoms with Gasteiger partial charge in [0.05, 0.1) is 12.7 Å². The molecule has 1 aromatic carbocycles. The Labute approximate surface area is 105 Å². The van der Waals surface area contributed by atoms with E-state index in [-0.39, 0.29) is 13.0 Å². The van der Waals surface area contributed by atoms with E-state index in [9.17, 15) is 10.2 Å². The van der Waals surface area contributed by atoms with Crippen LogP contribution in [0.5, 0.6) is 5.75 Å². The summed E-state index contributed by atoms with van der Waals surface area (Å²) in [4.78, 5) is 0. The molecule has 0 bridgehead atoms. The molecule has 1 aromatic rings. The van der Waals surface area contributed by atoms with Crippen LogP contribution in [-0.4, -0.2) is 46.5 Å². The molecule has 0 aromatic heterocycles. The van der Waals surface area contributed by atoms with E-state index in [1.165, 1.54) is 0 Å². The second-order valence-corrected chi connectivity index (χ2v) is 4.28. The Hall–Kier alpha value is -1.34. The standard InChI is InChI=1S/C12H17NO5/c13-7-1-3-8(4-2-7)17-10-5-9(15)11(6-14)18-12(10)16/h1-4,9-12,14-16H,5-6,13H2/t9-,10-,11+,12-/m1/s1. The smallest absolute Gasteiger partial charge is 0.192 e. The number of nitrogens with two attached hydrogens (primary N) is 1. The molecule has 1 aliphatic heterocycles. The zero-order chi connectivity index (χ0) is 13.1. The fourth-order valence-electron chi connectivity index (χ4n) is 1.86. The van der Waals surface area contributed by atoms with Crippen molar-refractivity contribution in [1.29, 1.82) is 0 Å². The normalized spacial score (nSPS) is 32.2. The zero-order valence-electron chi connectivity index (χ0n) is 9.77. The maximum atomic E-state index is 9.71. The Bertz CT molecular complexity index is 383. The van der Waals surface area contributed by atoms with Gasteiger partial charge in [-0.3, -0.25) is 0 Å². The summed E-state index contributed by atoms with van der Waals surface area (Å²) in [6, 6.07) is 6.70. The van der Waals surface area contributed by atoms with E-state index in [4.69, 9.17) is 20.3 Å². The molecule has 0 spiro atoms. The first-order valence-corrected chi connectivity index (χ1v) is 5.75. The van der Waals surface area contributed by atoms with Crippen LogP contribution in [0.3, 0.4) is 0 Å². The molecule has 2 rings (SSSR count). The van der Waals surface area contributed by atoms with Gasteiger partial charge in [0, 0.05) is 12.1 Å². The lowest BCUT2D eigenvalue weighted by Crippen LogP contribution is -2.50. The topological polar surface area (TPSA) is 105 Å². The molecule has 1 saturated heterocycles. The number of ether oxygens (including phenoxy) is 2. The minimum atomic E-state index is -1.18. The molecule has 6 heteroatoms. The van der Waals surface area contributed by atoms with Crippen molar-refractivity contribution in [2.24, 2.45) is 0 Å². The van der Waals surface area contributed by atoms with Crippen LogP contribution in [-0.2, 0) is 4.74 Å². The summed E-state index contributed by atoms with van der Waals surface area (Å²) in [6.07, 6.45) is -3.30. The molecule has 5 N–H and O–H groups in total. The lowest BCUT2D eigenvalue weighted by atomic mass is 10.0. The molecular weight excluding hydrogens is 238 g/mol. The highest BCUT2D eigenvalue weighted by Gasteiger charge is 2.37. The summed E-state index contributed by atoms with van der Waals surface area (Å²) >= 11 is 0. The Morgan fingerprint density at radius 2 is 1.94 bits per heavy atom. The first-order valence-electron chi connectivity index (χ1n) is 5.75. The second kappa shape index (κ2) is 5.53. The van der Waals surface area contributed by atoms with Gasteiger partial charge in [0.1, 0.15) is 11.9 Å². The summed E-state index contributed by atoms with van der Waals surface area (Å²) < 4.78 is 10.6. The van der Waals surface area contributed by atoms with Crippen molar-refractivity contribution in [3.8, 4) is 5.75 Å². The van der Waals surface area contributed by atoms with Gasteiger partial charge < -0.3 is 30.5 Å². The van der Waals surface area contributed by atoms with Crippen molar-refractivity contribution in [2.75, 3.05) is 12.3 Å². The molecule has 0 unspecified atom stereocenters. The molecule has 6 nitrogen and oxygen atoms in total. The molecule has 0 saturated carbocycles. The van der Waals surface area contributed by atoms with Crippen molar-refractivity contribution in [2.45, 2.75) is 31.0 Å². The lowest BCUT2D eigenvalue weighted by Gasteiger charge is -2.36. The molecule has 1 aliphatic rings. The quantitative estimate of drug-likeness (QED) is 0.541. The number of hydrogen-bond donors (Lipinski definition) is 4. The first-order chi connectivity index (χ1) is 8.60. The zero-order valence-corrected chi connectivity index (χ0v) is 9.77. The highest BCUT2D eigenvalue weighted by molar-refractivity contribution is 5.41. The van der Waals surface area contributed by atoms with Gasteiger partial charge in [0.15, 0.2) is 12.4 Å². The predicted molar refractivity (Wildman–Crippen MR) is 63.9 cm³/mol. The fraction of sp³-hybridized carbons (Fsp3) is 0.500. The Balaban J connectivity index is 1.99. The number of benzene rings is 1. The number of hydrogen-bond acceptors (Lipinski definition) is 6. The van der Waals surface area contributed by atoms with E-state index in [0.29, 0.717) is 11.4 Å². The molecular formula is C12H17NO5. The first kappa shape index (κ1) is 13.1. The van der Waals surface area contributed by atoms with Gasteiger partial charge in [-0.15, -0.1) is 0 Å². The van der Waals surface area contributed by atoms with Gasteiger partial charge in [0.2, 0.25) is 0 Å². The van der Waals surface area contributed by atoms with Gasteiger partial charge in [-0.25, -0.2) is 0 Å². The van der Waals surface area contributed by atoms with Crippen LogP contribution in [0.25, 0.3) is 0 Å². The Kier molecular flexibility index (Phi) is 4.03. The van der Waals surface area contributed by atoms with Crippen LogP contribution in [0.4, 0.5) is 5.69 Å². The minimum Gasteiger partial charge on any atom is -0.485 e. The predicted octanol–water partition coefficient (Wildman–Crippen LogP) is -0.523. The molecule has 1 fully saturated rings. The van der Waals surface area contributed by atoms with Crippen LogP contribution in [0.1, 0.15) is 6.42 Å². The Morgan fingerprint density at radius 1 is 1.28 bits per heavy atom. The SMILES string of the molecule is Nc1ccc(O[C@@H]2C[C@@H](O)[C@H](CO)O[C@H]2O)cc1. The van der Waals surface area contributed by atoms with Gasteiger partial charge in [-0.2, -0.15) is 0 Å². The van der Waals surface area contributed by atoms with E-state index in [2.05, 4.69) is 0 Å². The van der Waals surface area contributed by atoms with Crippen LogP contribution in [0, 0.1) is 0 Å². The van der Waals surface area contributed by atoms with E-state index >= 15 is 0 Å². The summed E-state index contributed by atoms with van der Waals surface area (Å²) in [6.45, 7) is -0.340. The van der Waals surface area contributed by atoms with Gasteiger partial charge in [0.25, 0.3) is 0 Å². The largest absolute Gasteiger partial charge is 0.485 e. The maximum absolute atomic E-state index is 9.71. The monoisotopic (exact) mass is 255 g/mol. The molecule has 4 atom stereocenters. The summed E-state index contributed by atoms with van der Waals surface area (Å²) in [5.41, 5.74) is 6.16. The van der Waals surface area contributed by atoms with E-state index in [1.807, 2.05) is 0 Å². The third-order valence-electron chi connectivity index (χ3n) is 2.88. The van der Waals surface area contributed by atoms with E-state index in [0.717, 1.165) is 0 Å². The van der Waals surface area contributed by atoms with Gasteiger partial charge in [-0.1, -0.05) is 0 Å². The van der Waals surface area contributed by atoms with Crippen molar-refractivity contribution in [3.63, 3.8) is 0 Å². The number of anilines is 1. The number of aliphatic hydroxyl groups excluding tert-OH is 3. The van der Waals surface area contributed by atoms with Crippen molar-refractivity contribution < 1.29 is 24.8 Å². The van der Waals surface area contributed by atoms with Crippen LogP contribution in [0.15, 0.2) is 24.3 Å². The minimum absolute atomic E-state index is 0.191. The lowest BCUT2D eigenvalue weighted by molar-refractivity contribution is -0.245. The number of aliphatic hydroxyl groups is 3. The molecule has 18 heavy (non-hydrogen) atoms. The van der Waals surface area contributed by atoms with Gasteiger partial charge in [-0.05, 0) is 24.3 Å². The van der Waals surface area contributed by atoms with Crippen molar-refractivity contribution in [3.05, 3.63) is 24.3 Å². The van der Waals surface area contributed by atoms with Crippen LogP contribution in [0.2, 0.25) is 0 Å². The molecule has 0 aliphatic carbocycles. The second-order valence-electron chi connectivity index (χ2n) is 4.28. The van der Waals surface area contributed by atoms with Crippen molar-refractivity contribution in [1.82, 2.24) is 0 Å². The van der Waals surface area contributed by atoms with Crippen LogP contribution < -0.4 is 10.5 Å².